The van der Waals surface area contributed by atoms with Crippen molar-refractivity contribution in [1.82, 2.24) is 10.2 Å². The highest BCUT2D eigenvalue weighted by Gasteiger charge is 2.33. The summed E-state index contributed by atoms with van der Waals surface area (Å²) in [6.07, 6.45) is 6.72. The fraction of sp³-hybridized carbons (Fsp3) is 0.565. The summed E-state index contributed by atoms with van der Waals surface area (Å²) >= 11 is 1.39. The minimum Gasteiger partial charge on any atom is -0.351 e. The maximum Gasteiger partial charge on any atom is 0.262 e. The van der Waals surface area contributed by atoms with Gasteiger partial charge in [-0.2, -0.15) is 4.99 Å². The molecular weight excluding hydrogens is 412 g/mol. The molecule has 0 saturated carbocycles. The van der Waals surface area contributed by atoms with Gasteiger partial charge in [0.05, 0.1) is 0 Å². The summed E-state index contributed by atoms with van der Waals surface area (Å²) in [6, 6.07) is 6.96. The van der Waals surface area contributed by atoms with Crippen LogP contribution in [0.25, 0.3) is 0 Å². The molecule has 2 aliphatic rings. The third-order valence-electron chi connectivity index (χ3n) is 5.53. The van der Waals surface area contributed by atoms with E-state index in [1.807, 2.05) is 6.92 Å². The van der Waals surface area contributed by atoms with Gasteiger partial charge in [0.15, 0.2) is 5.17 Å². The molecule has 0 aromatic heterocycles. The molecule has 7 nitrogen and oxygen atoms in total. The lowest BCUT2D eigenvalue weighted by molar-refractivity contribution is -0.121. The summed E-state index contributed by atoms with van der Waals surface area (Å²) in [4.78, 5) is 43.2. The van der Waals surface area contributed by atoms with Gasteiger partial charge in [-0.25, -0.2) is 0 Å². The fourth-order valence-electron chi connectivity index (χ4n) is 3.72. The van der Waals surface area contributed by atoms with Crippen LogP contribution in [-0.2, 0) is 9.59 Å². The number of rotatable bonds is 9. The van der Waals surface area contributed by atoms with E-state index in [1.165, 1.54) is 18.2 Å². The number of thioether (sulfide) groups is 1. The molecule has 0 spiro atoms. The first-order valence-electron chi connectivity index (χ1n) is 11.2. The van der Waals surface area contributed by atoms with Crippen LogP contribution < -0.4 is 10.6 Å². The van der Waals surface area contributed by atoms with Crippen molar-refractivity contribution in [2.24, 2.45) is 4.99 Å². The number of nitrogens with zero attached hydrogens (tertiary/aromatic N) is 2. The number of hydrogen-bond donors (Lipinski definition) is 2. The Morgan fingerprint density at radius 1 is 1.19 bits per heavy atom. The van der Waals surface area contributed by atoms with E-state index in [9.17, 15) is 14.4 Å². The Hall–Kier alpha value is -2.35. The number of nitrogens with one attached hydrogen (secondary N) is 2. The van der Waals surface area contributed by atoms with E-state index in [1.54, 1.807) is 24.3 Å². The summed E-state index contributed by atoms with van der Waals surface area (Å²) in [6.45, 7) is 6.03. The molecule has 0 unspecified atom stereocenters. The van der Waals surface area contributed by atoms with E-state index in [0.717, 1.165) is 50.4 Å². The topological polar surface area (TPSA) is 90.9 Å². The summed E-state index contributed by atoms with van der Waals surface area (Å²) in [5.41, 5.74) is 1.17. The van der Waals surface area contributed by atoms with Crippen molar-refractivity contribution in [1.29, 1.82) is 0 Å². The molecule has 31 heavy (non-hydrogen) atoms. The molecule has 0 aliphatic carbocycles. The molecule has 3 amide bonds. The van der Waals surface area contributed by atoms with Gasteiger partial charge in [-0.3, -0.25) is 14.4 Å². The van der Waals surface area contributed by atoms with Crippen LogP contribution in [-0.4, -0.2) is 52.2 Å². The van der Waals surface area contributed by atoms with E-state index in [0.29, 0.717) is 11.3 Å². The van der Waals surface area contributed by atoms with E-state index >= 15 is 0 Å². The Balaban J connectivity index is 1.44. The molecule has 168 valence electrons. The predicted molar refractivity (Wildman–Crippen MR) is 125 cm³/mol. The van der Waals surface area contributed by atoms with Crippen molar-refractivity contribution in [2.45, 2.75) is 70.1 Å². The smallest absolute Gasteiger partial charge is 0.262 e. The Morgan fingerprint density at radius 3 is 2.58 bits per heavy atom. The standard InChI is InChI=1S/C23H32N4O3S/c1-3-4-5-8-16(2)24-21(29)17-9-11-18(12-10-17)25-20(28)15-19-22(30)26-23(31-19)27-13-6-7-14-27/h9-12,16,19H,3-8,13-15H2,1-2H3,(H,24,29)(H,25,28)/t16-,19-/m0/s1. The van der Waals surface area contributed by atoms with Crippen LogP contribution in [0.5, 0.6) is 0 Å². The van der Waals surface area contributed by atoms with Gasteiger partial charge in [0.2, 0.25) is 5.91 Å². The Labute approximate surface area is 188 Å². The fourth-order valence-corrected chi connectivity index (χ4v) is 4.84. The number of amidine groups is 1. The highest BCUT2D eigenvalue weighted by atomic mass is 32.2. The number of anilines is 1. The highest BCUT2D eigenvalue weighted by molar-refractivity contribution is 8.15. The molecule has 1 saturated heterocycles. The van der Waals surface area contributed by atoms with Gasteiger partial charge in [-0.1, -0.05) is 37.9 Å². The third-order valence-corrected chi connectivity index (χ3v) is 6.74. The molecule has 3 rings (SSSR count). The first-order valence-corrected chi connectivity index (χ1v) is 12.1. The van der Waals surface area contributed by atoms with E-state index in [4.69, 9.17) is 0 Å². The van der Waals surface area contributed by atoms with Gasteiger partial charge in [-0.05, 0) is 50.5 Å². The van der Waals surface area contributed by atoms with Crippen LogP contribution in [0.3, 0.4) is 0 Å². The number of carbonyl (C=O) groups is 3. The SMILES string of the molecule is CCCCC[C@H](C)NC(=O)c1ccc(NC(=O)C[C@@H]2SC(N3CCCC3)=NC2=O)cc1. The van der Waals surface area contributed by atoms with Crippen LogP contribution in [0.2, 0.25) is 0 Å². The highest BCUT2D eigenvalue weighted by Crippen LogP contribution is 2.29. The van der Waals surface area contributed by atoms with Crippen LogP contribution in [0, 0.1) is 0 Å². The van der Waals surface area contributed by atoms with Crippen molar-refractivity contribution in [3.8, 4) is 0 Å². The summed E-state index contributed by atoms with van der Waals surface area (Å²) < 4.78 is 0. The monoisotopic (exact) mass is 444 g/mol. The molecule has 0 radical (unpaired) electrons. The Bertz CT molecular complexity index is 819. The average molecular weight is 445 g/mol. The van der Waals surface area contributed by atoms with Gasteiger partial charge < -0.3 is 15.5 Å². The van der Waals surface area contributed by atoms with Gasteiger partial charge in [0.25, 0.3) is 11.8 Å². The zero-order valence-electron chi connectivity index (χ0n) is 18.4. The molecule has 2 aliphatic heterocycles. The zero-order valence-corrected chi connectivity index (χ0v) is 19.2. The predicted octanol–water partition coefficient (Wildman–Crippen LogP) is 3.81. The van der Waals surface area contributed by atoms with Gasteiger partial charge >= 0.3 is 0 Å². The third kappa shape index (κ3) is 6.82. The van der Waals surface area contributed by atoms with Crippen LogP contribution >= 0.6 is 11.8 Å². The second-order valence-corrected chi connectivity index (χ2v) is 9.40. The van der Waals surface area contributed by atoms with Crippen molar-refractivity contribution in [3.05, 3.63) is 29.8 Å². The minimum absolute atomic E-state index is 0.0852. The van der Waals surface area contributed by atoms with E-state index in [-0.39, 0.29) is 30.2 Å². The largest absolute Gasteiger partial charge is 0.351 e. The number of likely N-dealkylation sites (tertiary alicyclic amines) is 1. The second kappa shape index (κ2) is 11.3. The van der Waals surface area contributed by atoms with Gasteiger partial charge in [-0.15, -0.1) is 0 Å². The Morgan fingerprint density at radius 2 is 1.90 bits per heavy atom. The first kappa shape index (κ1) is 23.3. The minimum atomic E-state index is -0.463. The Kier molecular flexibility index (Phi) is 8.51. The number of unbranched alkanes of at least 4 members (excludes halogenated alkanes) is 2. The van der Waals surface area contributed by atoms with Crippen molar-refractivity contribution < 1.29 is 14.4 Å². The lowest BCUT2D eigenvalue weighted by Crippen LogP contribution is -2.32. The summed E-state index contributed by atoms with van der Waals surface area (Å²) in [7, 11) is 0. The molecule has 0 bridgehead atoms. The van der Waals surface area contributed by atoms with Gasteiger partial charge in [0.1, 0.15) is 5.25 Å². The summed E-state index contributed by atoms with van der Waals surface area (Å²) in [5, 5.41) is 6.11. The average Bonchev–Trinajstić information content (AvgIpc) is 3.39. The number of hydrogen-bond acceptors (Lipinski definition) is 5. The number of amides is 3. The van der Waals surface area contributed by atoms with Crippen LogP contribution in [0.15, 0.2) is 29.3 Å². The van der Waals surface area contributed by atoms with E-state index in [2.05, 4.69) is 27.4 Å². The molecular formula is C23H32N4O3S. The maximum absolute atomic E-state index is 12.4. The zero-order chi connectivity index (χ0) is 22.2. The lowest BCUT2D eigenvalue weighted by atomic mass is 10.1. The second-order valence-electron chi connectivity index (χ2n) is 8.23. The van der Waals surface area contributed by atoms with Crippen LogP contribution in [0.1, 0.15) is 69.2 Å². The lowest BCUT2D eigenvalue weighted by Gasteiger charge is -2.16. The molecule has 1 aromatic rings. The quantitative estimate of drug-likeness (QED) is 0.565. The van der Waals surface area contributed by atoms with Crippen molar-refractivity contribution >= 4 is 40.3 Å². The number of carbonyl (C=O) groups excluding carboxylic acids is 3. The van der Waals surface area contributed by atoms with Gasteiger partial charge in [0, 0.05) is 36.8 Å². The normalized spacial score (nSPS) is 19.3. The van der Waals surface area contributed by atoms with Crippen molar-refractivity contribution in [3.63, 3.8) is 0 Å². The molecule has 2 N–H and O–H groups in total. The molecule has 2 heterocycles. The molecule has 1 aromatic carbocycles. The first-order chi connectivity index (χ1) is 15.0. The maximum atomic E-state index is 12.4. The van der Waals surface area contributed by atoms with E-state index < -0.39 is 5.25 Å². The molecule has 1 fully saturated rings. The number of aliphatic imine (C=N–C) groups is 1. The molecule has 2 atom stereocenters. The van der Waals surface area contributed by atoms with Crippen molar-refractivity contribution in [2.75, 3.05) is 18.4 Å². The molecule has 8 heteroatoms. The van der Waals surface area contributed by atoms with Crippen LogP contribution in [0.4, 0.5) is 5.69 Å². The number of benzene rings is 1. The summed E-state index contributed by atoms with van der Waals surface area (Å²) in [5.74, 6) is -0.575.